The molecule has 30 heavy (non-hydrogen) atoms. The van der Waals surface area contributed by atoms with Crippen molar-refractivity contribution in [1.29, 1.82) is 0 Å². The number of hydrogen-bond acceptors (Lipinski definition) is 6. The van der Waals surface area contributed by atoms with Gasteiger partial charge in [0.1, 0.15) is 0 Å². The molecule has 2 heterocycles. The van der Waals surface area contributed by atoms with Crippen molar-refractivity contribution in [3.63, 3.8) is 0 Å². The number of aryl methyl sites for hydroxylation is 1. The van der Waals surface area contributed by atoms with Gasteiger partial charge in [-0.2, -0.15) is 0 Å². The Balaban J connectivity index is 1.45. The molecule has 3 N–H and O–H groups in total. The second-order valence-corrected chi connectivity index (χ2v) is 8.68. The first-order chi connectivity index (χ1) is 14.6. The van der Waals surface area contributed by atoms with E-state index >= 15 is 0 Å². The summed E-state index contributed by atoms with van der Waals surface area (Å²) in [6.07, 6.45) is 0. The summed E-state index contributed by atoms with van der Waals surface area (Å²) in [5.74, 6) is 6.81. The molecule has 2 aromatic heterocycles. The number of benzene rings is 2. The van der Waals surface area contributed by atoms with Gasteiger partial charge in [-0.05, 0) is 23.9 Å². The number of nitrogen functional groups attached to an aromatic ring is 1. The highest BCUT2D eigenvalue weighted by Gasteiger charge is 2.19. The summed E-state index contributed by atoms with van der Waals surface area (Å²) >= 11 is 2.89. The van der Waals surface area contributed by atoms with Crippen LogP contribution in [-0.2, 0) is 4.79 Å². The minimum atomic E-state index is -0.186. The zero-order valence-electron chi connectivity index (χ0n) is 16.4. The number of hydrogen-bond donors (Lipinski definition) is 2. The number of nitrogens with two attached hydrogens (primary N) is 1. The molecule has 0 radical (unpaired) electrons. The van der Waals surface area contributed by atoms with Crippen LogP contribution in [0.15, 0.2) is 77.3 Å². The first-order valence-electron chi connectivity index (χ1n) is 9.40. The van der Waals surface area contributed by atoms with E-state index < -0.39 is 0 Å². The van der Waals surface area contributed by atoms with E-state index in [1.165, 1.54) is 22.0 Å². The summed E-state index contributed by atoms with van der Waals surface area (Å²) in [5, 5.41) is 13.9. The number of thioether (sulfide) groups is 1. The monoisotopic (exact) mass is 435 g/mol. The fourth-order valence-corrected chi connectivity index (χ4v) is 4.50. The third kappa shape index (κ3) is 4.55. The quantitative estimate of drug-likeness (QED) is 0.338. The van der Waals surface area contributed by atoms with Crippen molar-refractivity contribution in [2.45, 2.75) is 18.1 Å². The molecule has 4 aromatic rings. The van der Waals surface area contributed by atoms with Crippen molar-refractivity contribution >= 4 is 29.0 Å². The lowest BCUT2D eigenvalue weighted by Crippen LogP contribution is -2.30. The van der Waals surface area contributed by atoms with Gasteiger partial charge in [0, 0.05) is 10.4 Å². The van der Waals surface area contributed by atoms with E-state index in [-0.39, 0.29) is 17.7 Å². The highest BCUT2D eigenvalue weighted by Crippen LogP contribution is 2.27. The molecule has 1 amide bonds. The van der Waals surface area contributed by atoms with Crippen LogP contribution in [-0.4, -0.2) is 26.5 Å². The molecule has 6 nitrogen and oxygen atoms in total. The summed E-state index contributed by atoms with van der Waals surface area (Å²) in [7, 11) is 0. The Morgan fingerprint density at radius 1 is 1.10 bits per heavy atom. The van der Waals surface area contributed by atoms with Crippen LogP contribution < -0.4 is 11.2 Å². The van der Waals surface area contributed by atoms with Crippen LogP contribution in [0.1, 0.15) is 22.0 Å². The summed E-state index contributed by atoms with van der Waals surface area (Å²) in [4.78, 5) is 13.8. The summed E-state index contributed by atoms with van der Waals surface area (Å²) < 4.78 is 1.42. The molecule has 2 aromatic carbocycles. The Morgan fingerprint density at radius 3 is 2.57 bits per heavy atom. The number of aromatic nitrogens is 3. The maximum absolute atomic E-state index is 12.7. The molecule has 4 rings (SSSR count). The van der Waals surface area contributed by atoms with Gasteiger partial charge in [-0.25, -0.2) is 4.68 Å². The van der Waals surface area contributed by atoms with Gasteiger partial charge < -0.3 is 11.2 Å². The van der Waals surface area contributed by atoms with Gasteiger partial charge in [-0.15, -0.1) is 21.5 Å². The molecule has 0 bridgehead atoms. The van der Waals surface area contributed by atoms with Gasteiger partial charge in [-0.1, -0.05) is 78.0 Å². The predicted octanol–water partition coefficient (Wildman–Crippen LogP) is 4.03. The van der Waals surface area contributed by atoms with Crippen molar-refractivity contribution in [2.75, 3.05) is 11.6 Å². The lowest BCUT2D eigenvalue weighted by atomic mass is 10.0. The maximum atomic E-state index is 12.7. The van der Waals surface area contributed by atoms with Crippen LogP contribution in [0.2, 0.25) is 0 Å². The second kappa shape index (κ2) is 9.15. The van der Waals surface area contributed by atoms with Gasteiger partial charge in [0.15, 0.2) is 5.82 Å². The smallest absolute Gasteiger partial charge is 0.231 e. The zero-order chi connectivity index (χ0) is 20.9. The SMILES string of the molecule is Cc1ccc(C(NC(=O)CSc2nnc(-c3ccccc3)n2N)c2cccs2)cc1. The fourth-order valence-electron chi connectivity index (χ4n) is 3.03. The second-order valence-electron chi connectivity index (χ2n) is 6.76. The molecular weight excluding hydrogens is 414 g/mol. The zero-order valence-corrected chi connectivity index (χ0v) is 18.0. The average molecular weight is 436 g/mol. The van der Waals surface area contributed by atoms with E-state index in [2.05, 4.69) is 39.8 Å². The summed E-state index contributed by atoms with van der Waals surface area (Å²) in [5.41, 5.74) is 3.11. The highest BCUT2D eigenvalue weighted by molar-refractivity contribution is 7.99. The standard InChI is InChI=1S/C22H21N5OS2/c1-15-9-11-16(12-10-15)20(18-8-5-13-29-18)24-19(28)14-30-22-26-25-21(27(22)23)17-6-3-2-4-7-17/h2-13,20H,14,23H2,1H3,(H,24,28). The molecule has 0 aliphatic heterocycles. The number of carbonyl (C=O) groups excluding carboxylic acids is 1. The molecular formula is C22H21N5OS2. The molecule has 0 spiro atoms. The highest BCUT2D eigenvalue weighted by atomic mass is 32.2. The normalized spacial score (nSPS) is 11.9. The van der Waals surface area contributed by atoms with Gasteiger partial charge >= 0.3 is 0 Å². The summed E-state index contributed by atoms with van der Waals surface area (Å²) in [6, 6.07) is 21.6. The van der Waals surface area contributed by atoms with E-state index in [1.54, 1.807) is 11.3 Å². The van der Waals surface area contributed by atoms with Crippen LogP contribution >= 0.6 is 23.1 Å². The lowest BCUT2D eigenvalue weighted by Gasteiger charge is -2.18. The van der Waals surface area contributed by atoms with E-state index in [4.69, 9.17) is 5.84 Å². The largest absolute Gasteiger partial charge is 0.344 e. The Kier molecular flexibility index (Phi) is 6.15. The Morgan fingerprint density at radius 2 is 1.87 bits per heavy atom. The van der Waals surface area contributed by atoms with E-state index in [0.29, 0.717) is 11.0 Å². The maximum Gasteiger partial charge on any atom is 0.231 e. The third-order valence-electron chi connectivity index (χ3n) is 4.57. The van der Waals surface area contributed by atoms with Gasteiger partial charge in [-0.3, -0.25) is 4.79 Å². The Hall–Kier alpha value is -3.10. The number of nitrogens with one attached hydrogen (secondary N) is 1. The number of rotatable bonds is 7. The minimum absolute atomic E-state index is 0.0942. The average Bonchev–Trinajstić information content (AvgIpc) is 3.42. The van der Waals surface area contributed by atoms with Crippen molar-refractivity contribution in [1.82, 2.24) is 20.2 Å². The fraction of sp³-hybridized carbons (Fsp3) is 0.136. The molecule has 152 valence electrons. The first kappa shape index (κ1) is 20.2. The van der Waals surface area contributed by atoms with Crippen LogP contribution in [0, 0.1) is 6.92 Å². The van der Waals surface area contributed by atoms with Crippen molar-refractivity contribution in [3.8, 4) is 11.4 Å². The predicted molar refractivity (Wildman–Crippen MR) is 122 cm³/mol. The number of thiophene rings is 1. The van der Waals surface area contributed by atoms with Gasteiger partial charge in [0.2, 0.25) is 11.1 Å². The molecule has 0 saturated carbocycles. The van der Waals surface area contributed by atoms with Crippen LogP contribution in [0.5, 0.6) is 0 Å². The van der Waals surface area contributed by atoms with Crippen molar-refractivity contribution < 1.29 is 4.79 Å². The van der Waals surface area contributed by atoms with Crippen molar-refractivity contribution in [2.24, 2.45) is 0 Å². The number of carbonyl (C=O) groups is 1. The van der Waals surface area contributed by atoms with Gasteiger partial charge in [0.25, 0.3) is 0 Å². The minimum Gasteiger partial charge on any atom is -0.344 e. The van der Waals surface area contributed by atoms with Crippen LogP contribution in [0.4, 0.5) is 0 Å². The summed E-state index contributed by atoms with van der Waals surface area (Å²) in [6.45, 7) is 2.05. The first-order valence-corrected chi connectivity index (χ1v) is 11.3. The Bertz CT molecular complexity index is 1110. The Labute approximate surface area is 183 Å². The molecule has 1 atom stereocenters. The number of nitrogens with zero attached hydrogens (tertiary/aromatic N) is 3. The number of amides is 1. The van der Waals surface area contributed by atoms with Crippen molar-refractivity contribution in [3.05, 3.63) is 88.1 Å². The van der Waals surface area contributed by atoms with Crippen LogP contribution in [0.25, 0.3) is 11.4 Å². The molecule has 1 unspecified atom stereocenters. The topological polar surface area (TPSA) is 85.8 Å². The van der Waals surface area contributed by atoms with Gasteiger partial charge in [0.05, 0.1) is 11.8 Å². The van der Waals surface area contributed by atoms with E-state index in [0.717, 1.165) is 16.0 Å². The molecule has 0 saturated heterocycles. The molecule has 0 aliphatic carbocycles. The molecule has 0 fully saturated rings. The van der Waals surface area contributed by atoms with Crippen LogP contribution in [0.3, 0.4) is 0 Å². The van der Waals surface area contributed by atoms with E-state index in [1.807, 2.05) is 54.8 Å². The molecule has 8 heteroatoms. The third-order valence-corrected chi connectivity index (χ3v) is 6.45. The molecule has 0 aliphatic rings. The lowest BCUT2D eigenvalue weighted by molar-refractivity contribution is -0.119. The van der Waals surface area contributed by atoms with E-state index in [9.17, 15) is 4.79 Å².